The summed E-state index contributed by atoms with van der Waals surface area (Å²) >= 11 is 0. The summed E-state index contributed by atoms with van der Waals surface area (Å²) < 4.78 is 15.6. The van der Waals surface area contributed by atoms with Gasteiger partial charge in [-0.3, -0.25) is 9.69 Å². The van der Waals surface area contributed by atoms with Crippen LogP contribution in [0, 0.1) is 19.7 Å². The highest BCUT2D eigenvalue weighted by Crippen LogP contribution is 2.33. The van der Waals surface area contributed by atoms with E-state index in [1.807, 2.05) is 23.7 Å². The molecule has 1 N–H and O–H groups in total. The molecule has 5 rings (SSSR count). The second kappa shape index (κ2) is 10.3. The van der Waals surface area contributed by atoms with Crippen LogP contribution in [0.3, 0.4) is 0 Å². The van der Waals surface area contributed by atoms with Gasteiger partial charge in [-0.15, -0.1) is 5.10 Å². The summed E-state index contributed by atoms with van der Waals surface area (Å²) in [5.74, 6) is 0.565. The molecule has 1 fully saturated rings. The molecule has 4 aromatic rings. The van der Waals surface area contributed by atoms with E-state index in [0.717, 1.165) is 52.7 Å². The lowest BCUT2D eigenvalue weighted by molar-refractivity contribution is 0.158. The molecule has 0 radical (unpaired) electrons. The van der Waals surface area contributed by atoms with E-state index >= 15 is 0 Å². The number of pyridine rings is 1. The number of fused-ring (bicyclic) bond motifs is 1. The first-order valence-corrected chi connectivity index (χ1v) is 12.8. The lowest BCUT2D eigenvalue weighted by atomic mass is 10.0. The van der Waals surface area contributed by atoms with E-state index in [0.29, 0.717) is 24.7 Å². The number of benzene rings is 2. The normalized spacial score (nSPS) is 15.2. The first kappa shape index (κ1) is 24.3. The van der Waals surface area contributed by atoms with E-state index in [1.54, 1.807) is 12.1 Å². The Morgan fingerprint density at radius 1 is 1.11 bits per heavy atom. The van der Waals surface area contributed by atoms with Gasteiger partial charge in [-0.2, -0.15) is 0 Å². The van der Waals surface area contributed by atoms with Crippen LogP contribution in [0.1, 0.15) is 79.2 Å². The third-order valence-corrected chi connectivity index (χ3v) is 7.38. The zero-order chi connectivity index (χ0) is 25.2. The summed E-state index contributed by atoms with van der Waals surface area (Å²) in [6, 6.07) is 12.9. The summed E-state index contributed by atoms with van der Waals surface area (Å²) in [4.78, 5) is 18.5. The van der Waals surface area contributed by atoms with Gasteiger partial charge in [0, 0.05) is 29.6 Å². The number of halogens is 1. The molecule has 0 bridgehead atoms. The number of hydrogen-bond donors (Lipinski definition) is 1. The van der Waals surface area contributed by atoms with Crippen molar-refractivity contribution in [2.75, 3.05) is 0 Å². The fraction of sp³-hybridized carbons (Fsp3) is 0.429. The predicted molar refractivity (Wildman–Crippen MR) is 138 cm³/mol. The van der Waals surface area contributed by atoms with Crippen molar-refractivity contribution in [1.29, 1.82) is 0 Å². The number of aromatic amines is 1. The maximum Gasteiger partial charge on any atom is 0.252 e. The molecule has 2 heterocycles. The van der Waals surface area contributed by atoms with Gasteiger partial charge in [-0.05, 0) is 84.5 Å². The fourth-order valence-electron chi connectivity index (χ4n) is 5.59. The maximum absolute atomic E-state index is 13.6. The third-order valence-electron chi connectivity index (χ3n) is 7.38. The molecule has 36 heavy (non-hydrogen) atoms. The smallest absolute Gasteiger partial charge is 0.252 e. The minimum atomic E-state index is -0.265. The van der Waals surface area contributed by atoms with Gasteiger partial charge < -0.3 is 4.98 Å². The van der Waals surface area contributed by atoms with Crippen molar-refractivity contribution in [3.8, 4) is 0 Å². The Morgan fingerprint density at radius 3 is 2.58 bits per heavy atom. The van der Waals surface area contributed by atoms with Crippen molar-refractivity contribution in [1.82, 2.24) is 30.1 Å². The Hall–Kier alpha value is -3.39. The average Bonchev–Trinajstić information content (AvgIpc) is 3.54. The number of nitrogens with one attached hydrogen (secondary N) is 1. The second-order valence-corrected chi connectivity index (χ2v) is 10.0. The third kappa shape index (κ3) is 4.95. The molecule has 1 saturated carbocycles. The van der Waals surface area contributed by atoms with Crippen LogP contribution < -0.4 is 5.56 Å². The Morgan fingerprint density at radius 2 is 1.86 bits per heavy atom. The van der Waals surface area contributed by atoms with Gasteiger partial charge >= 0.3 is 0 Å². The highest BCUT2D eigenvalue weighted by Gasteiger charge is 2.29. The van der Waals surface area contributed by atoms with E-state index in [4.69, 9.17) is 0 Å². The Balaban J connectivity index is 1.55. The van der Waals surface area contributed by atoms with Crippen LogP contribution in [0.4, 0.5) is 4.39 Å². The SMILES string of the molecule is CCC(c1nnnn1C1CCCC1)N(Cc1ccc(F)cc1)Cc1cc2c(C)cc(C)cc2[nH]c1=O. The molecule has 0 saturated heterocycles. The molecule has 1 aliphatic rings. The van der Waals surface area contributed by atoms with Crippen molar-refractivity contribution >= 4 is 10.9 Å². The van der Waals surface area contributed by atoms with Crippen LogP contribution in [0.2, 0.25) is 0 Å². The van der Waals surface area contributed by atoms with Gasteiger partial charge in [-0.1, -0.05) is 38.0 Å². The van der Waals surface area contributed by atoms with Gasteiger partial charge in [0.15, 0.2) is 5.82 Å². The largest absolute Gasteiger partial charge is 0.322 e. The maximum atomic E-state index is 13.6. The quantitative estimate of drug-likeness (QED) is 0.352. The number of nitrogens with zero attached hydrogens (tertiary/aromatic N) is 5. The van der Waals surface area contributed by atoms with Crippen LogP contribution in [-0.4, -0.2) is 30.1 Å². The number of tetrazole rings is 1. The van der Waals surface area contributed by atoms with Gasteiger partial charge in [-0.25, -0.2) is 9.07 Å². The molecule has 2 aromatic heterocycles. The highest BCUT2D eigenvalue weighted by atomic mass is 19.1. The van der Waals surface area contributed by atoms with Crippen LogP contribution in [0.25, 0.3) is 10.9 Å². The van der Waals surface area contributed by atoms with E-state index in [9.17, 15) is 9.18 Å². The molecular weight excluding hydrogens is 455 g/mol. The lowest BCUT2D eigenvalue weighted by Gasteiger charge is -2.31. The molecule has 188 valence electrons. The molecule has 1 atom stereocenters. The summed E-state index contributed by atoms with van der Waals surface area (Å²) in [6.07, 6.45) is 5.31. The van der Waals surface area contributed by atoms with Gasteiger partial charge in [0.2, 0.25) is 0 Å². The second-order valence-electron chi connectivity index (χ2n) is 10.0. The molecule has 2 aromatic carbocycles. The Bertz CT molecular complexity index is 1400. The first-order valence-electron chi connectivity index (χ1n) is 12.8. The molecule has 1 unspecified atom stereocenters. The summed E-state index contributed by atoms with van der Waals surface area (Å²) in [6.45, 7) is 7.18. The van der Waals surface area contributed by atoms with Gasteiger partial charge in [0.25, 0.3) is 5.56 Å². The van der Waals surface area contributed by atoms with Crippen molar-refractivity contribution in [2.45, 2.75) is 78.0 Å². The van der Waals surface area contributed by atoms with Crippen LogP contribution in [0.15, 0.2) is 47.3 Å². The van der Waals surface area contributed by atoms with E-state index in [1.165, 1.54) is 25.0 Å². The van der Waals surface area contributed by atoms with E-state index < -0.39 is 0 Å². The summed E-state index contributed by atoms with van der Waals surface area (Å²) in [5, 5.41) is 13.9. The minimum Gasteiger partial charge on any atom is -0.322 e. The van der Waals surface area contributed by atoms with Gasteiger partial charge in [0.1, 0.15) is 5.82 Å². The monoisotopic (exact) mass is 488 g/mol. The van der Waals surface area contributed by atoms with Gasteiger partial charge in [0.05, 0.1) is 12.1 Å². The summed E-state index contributed by atoms with van der Waals surface area (Å²) in [7, 11) is 0. The van der Waals surface area contributed by atoms with Crippen LogP contribution >= 0.6 is 0 Å². The molecule has 0 spiro atoms. The fourth-order valence-corrected chi connectivity index (χ4v) is 5.59. The van der Waals surface area contributed by atoms with Crippen molar-refractivity contribution in [2.24, 2.45) is 0 Å². The molecule has 8 heteroatoms. The number of aryl methyl sites for hydroxylation is 2. The molecule has 0 amide bonds. The number of hydrogen-bond acceptors (Lipinski definition) is 5. The van der Waals surface area contributed by atoms with Crippen molar-refractivity contribution < 1.29 is 4.39 Å². The number of aromatic nitrogens is 5. The van der Waals surface area contributed by atoms with Crippen molar-refractivity contribution in [3.05, 3.63) is 86.7 Å². The Labute approximate surface area is 210 Å². The van der Waals surface area contributed by atoms with E-state index in [-0.39, 0.29) is 17.4 Å². The van der Waals surface area contributed by atoms with Crippen molar-refractivity contribution in [3.63, 3.8) is 0 Å². The zero-order valence-electron chi connectivity index (χ0n) is 21.2. The van der Waals surface area contributed by atoms with Crippen LogP contribution in [-0.2, 0) is 13.1 Å². The summed E-state index contributed by atoms with van der Waals surface area (Å²) in [5.41, 5.74) is 4.66. The molecule has 0 aliphatic heterocycles. The minimum absolute atomic E-state index is 0.0955. The van der Waals surface area contributed by atoms with E-state index in [2.05, 4.69) is 45.3 Å². The first-order chi connectivity index (χ1) is 17.4. The zero-order valence-corrected chi connectivity index (χ0v) is 21.2. The standard InChI is InChI=1S/C28H33FN6O/c1-4-26(27-31-32-33-35(27)23-7-5-6-8-23)34(16-20-9-11-22(29)12-10-20)17-21-15-24-19(3)13-18(2)14-25(24)30-28(21)36/h9-15,23,26H,4-8,16-17H2,1-3H3,(H,30,36). The van der Waals surface area contributed by atoms with Crippen LogP contribution in [0.5, 0.6) is 0 Å². The molecule has 7 nitrogen and oxygen atoms in total. The Kier molecular flexibility index (Phi) is 6.96. The number of rotatable bonds is 8. The predicted octanol–water partition coefficient (Wildman–Crippen LogP) is 5.54. The molecular formula is C28H33FN6O. The number of H-pyrrole nitrogens is 1. The topological polar surface area (TPSA) is 79.7 Å². The average molecular weight is 489 g/mol. The lowest BCUT2D eigenvalue weighted by Crippen LogP contribution is -2.32. The highest BCUT2D eigenvalue weighted by molar-refractivity contribution is 5.83. The molecule has 1 aliphatic carbocycles.